The Hall–Kier alpha value is -1.46. The summed E-state index contributed by atoms with van der Waals surface area (Å²) >= 11 is 0. The van der Waals surface area contributed by atoms with E-state index in [1.54, 1.807) is 19.1 Å². The second-order valence-corrected chi connectivity index (χ2v) is 5.72. The average molecular weight is 280 g/mol. The quantitative estimate of drug-likeness (QED) is 0.594. The van der Waals surface area contributed by atoms with Crippen LogP contribution < -0.4 is 5.32 Å². The van der Waals surface area contributed by atoms with Crippen molar-refractivity contribution in [1.82, 2.24) is 5.32 Å². The molecule has 0 spiro atoms. The molecule has 2 unspecified atom stereocenters. The summed E-state index contributed by atoms with van der Waals surface area (Å²) in [6.07, 6.45) is 0.353. The highest BCUT2D eigenvalue weighted by molar-refractivity contribution is 5.43. The van der Waals surface area contributed by atoms with E-state index in [1.807, 2.05) is 13.0 Å². The number of hydrogen-bond acceptors (Lipinski definition) is 4. The molecule has 2 atom stereocenters. The number of nitrogens with one attached hydrogen (secondary N) is 1. The number of benzene rings is 1. The van der Waals surface area contributed by atoms with Crippen molar-refractivity contribution in [2.45, 2.75) is 46.3 Å². The van der Waals surface area contributed by atoms with Gasteiger partial charge in [-0.25, -0.2) is 0 Å². The fourth-order valence-corrected chi connectivity index (χ4v) is 2.15. The molecule has 0 aliphatic heterocycles. The Morgan fingerprint density at radius 1 is 1.35 bits per heavy atom. The Labute approximate surface area is 120 Å². The molecule has 0 heterocycles. The number of rotatable bonds is 7. The highest BCUT2D eigenvalue weighted by atomic mass is 16.6. The van der Waals surface area contributed by atoms with Gasteiger partial charge in [0.15, 0.2) is 0 Å². The van der Waals surface area contributed by atoms with Gasteiger partial charge in [0.25, 0.3) is 5.69 Å². The summed E-state index contributed by atoms with van der Waals surface area (Å²) in [5.74, 6) is 0.447. The van der Waals surface area contributed by atoms with E-state index in [-0.39, 0.29) is 16.7 Å². The second-order valence-electron chi connectivity index (χ2n) is 5.72. The van der Waals surface area contributed by atoms with Crippen LogP contribution in [0, 0.1) is 23.0 Å². The van der Waals surface area contributed by atoms with Gasteiger partial charge in [0.05, 0.1) is 11.0 Å². The van der Waals surface area contributed by atoms with E-state index in [0.717, 1.165) is 12.0 Å². The number of aryl methyl sites for hydroxylation is 1. The van der Waals surface area contributed by atoms with Crippen LogP contribution in [0.1, 0.15) is 44.4 Å². The minimum absolute atomic E-state index is 0.0314. The lowest BCUT2D eigenvalue weighted by atomic mass is 10.0. The lowest BCUT2D eigenvalue weighted by molar-refractivity contribution is -0.385. The molecular formula is C15H24N2O3. The summed E-state index contributed by atoms with van der Waals surface area (Å²) in [4.78, 5) is 10.6. The maximum atomic E-state index is 10.9. The number of nitro groups is 1. The van der Waals surface area contributed by atoms with Crippen molar-refractivity contribution in [2.75, 3.05) is 6.54 Å². The number of aliphatic hydroxyl groups excluding tert-OH is 1. The number of hydrogen-bond donors (Lipinski definition) is 2. The third-order valence-corrected chi connectivity index (χ3v) is 3.33. The smallest absolute Gasteiger partial charge is 0.272 e. The first-order valence-corrected chi connectivity index (χ1v) is 6.97. The van der Waals surface area contributed by atoms with Gasteiger partial charge >= 0.3 is 0 Å². The van der Waals surface area contributed by atoms with Crippen LogP contribution in [0.4, 0.5) is 5.69 Å². The molecule has 1 aromatic rings. The molecule has 0 bridgehead atoms. The predicted octanol–water partition coefficient (Wildman–Crippen LogP) is 2.96. The van der Waals surface area contributed by atoms with Gasteiger partial charge in [-0.05, 0) is 31.7 Å². The van der Waals surface area contributed by atoms with Crippen molar-refractivity contribution in [3.05, 3.63) is 39.4 Å². The molecule has 20 heavy (non-hydrogen) atoms. The van der Waals surface area contributed by atoms with Gasteiger partial charge in [-0.2, -0.15) is 0 Å². The lowest BCUT2D eigenvalue weighted by Crippen LogP contribution is -2.30. The van der Waals surface area contributed by atoms with Crippen LogP contribution in [0.5, 0.6) is 0 Å². The second kappa shape index (κ2) is 7.36. The molecule has 0 saturated heterocycles. The average Bonchev–Trinajstić information content (AvgIpc) is 2.35. The number of aliphatic hydroxyl groups is 1. The van der Waals surface area contributed by atoms with Crippen LogP contribution >= 0.6 is 0 Å². The zero-order chi connectivity index (χ0) is 15.3. The summed E-state index contributed by atoms with van der Waals surface area (Å²) in [7, 11) is 0. The molecule has 1 rings (SSSR count). The molecule has 112 valence electrons. The van der Waals surface area contributed by atoms with Gasteiger partial charge in [0, 0.05) is 24.2 Å². The molecule has 5 heteroatoms. The van der Waals surface area contributed by atoms with Crippen LogP contribution in [-0.4, -0.2) is 22.7 Å². The molecular weight excluding hydrogens is 256 g/mol. The van der Waals surface area contributed by atoms with Crippen LogP contribution in [0.3, 0.4) is 0 Å². The molecule has 0 radical (unpaired) electrons. The predicted molar refractivity (Wildman–Crippen MR) is 79.7 cm³/mol. The molecule has 0 aromatic heterocycles. The summed E-state index contributed by atoms with van der Waals surface area (Å²) < 4.78 is 0. The van der Waals surface area contributed by atoms with E-state index in [2.05, 4.69) is 19.2 Å². The van der Waals surface area contributed by atoms with Gasteiger partial charge in [-0.15, -0.1) is 0 Å². The molecule has 0 aliphatic carbocycles. The van der Waals surface area contributed by atoms with Gasteiger partial charge in [-0.1, -0.05) is 26.0 Å². The lowest BCUT2D eigenvalue weighted by Gasteiger charge is -2.18. The van der Waals surface area contributed by atoms with Crippen molar-refractivity contribution >= 4 is 5.69 Å². The molecule has 1 aromatic carbocycles. The Bertz CT molecular complexity index is 460. The first-order chi connectivity index (χ1) is 9.31. The molecule has 5 nitrogen and oxygen atoms in total. The van der Waals surface area contributed by atoms with Crippen LogP contribution in [0.2, 0.25) is 0 Å². The van der Waals surface area contributed by atoms with E-state index < -0.39 is 6.10 Å². The molecule has 0 amide bonds. The summed E-state index contributed by atoms with van der Waals surface area (Å²) in [5.41, 5.74) is 1.66. The zero-order valence-electron chi connectivity index (χ0n) is 12.6. The highest BCUT2D eigenvalue weighted by Crippen LogP contribution is 2.23. The monoisotopic (exact) mass is 280 g/mol. The Balaban J connectivity index is 2.66. The third-order valence-electron chi connectivity index (χ3n) is 3.33. The van der Waals surface area contributed by atoms with E-state index >= 15 is 0 Å². The van der Waals surface area contributed by atoms with Crippen molar-refractivity contribution in [3.63, 3.8) is 0 Å². The van der Waals surface area contributed by atoms with Gasteiger partial charge in [0.1, 0.15) is 0 Å². The van der Waals surface area contributed by atoms with Gasteiger partial charge < -0.3 is 10.4 Å². The van der Waals surface area contributed by atoms with Crippen molar-refractivity contribution in [1.29, 1.82) is 0 Å². The van der Waals surface area contributed by atoms with Crippen LogP contribution in [0.25, 0.3) is 0 Å². The molecule has 0 aliphatic rings. The van der Waals surface area contributed by atoms with E-state index in [1.165, 1.54) is 0 Å². The first-order valence-electron chi connectivity index (χ1n) is 6.97. The largest absolute Gasteiger partial charge is 0.392 e. The van der Waals surface area contributed by atoms with Crippen molar-refractivity contribution in [2.24, 2.45) is 5.92 Å². The maximum absolute atomic E-state index is 10.9. The fraction of sp³-hybridized carbons (Fsp3) is 0.600. The highest BCUT2D eigenvalue weighted by Gasteiger charge is 2.15. The van der Waals surface area contributed by atoms with Crippen molar-refractivity contribution in [3.8, 4) is 0 Å². The molecule has 0 fully saturated rings. The minimum atomic E-state index is -0.391. The number of nitro benzene ring substituents is 1. The maximum Gasteiger partial charge on any atom is 0.272 e. The van der Waals surface area contributed by atoms with Crippen LogP contribution in [-0.2, 0) is 0 Å². The SMILES string of the molecule is Cc1ccc(C(C)NCC(O)CC(C)C)cc1[N+](=O)[O-]. The summed E-state index contributed by atoms with van der Waals surface area (Å²) in [5, 5.41) is 24.0. The Kier molecular flexibility index (Phi) is 6.10. The van der Waals surface area contributed by atoms with Gasteiger partial charge in [-0.3, -0.25) is 10.1 Å². The fourth-order valence-electron chi connectivity index (χ4n) is 2.15. The zero-order valence-corrected chi connectivity index (χ0v) is 12.6. The minimum Gasteiger partial charge on any atom is -0.392 e. The number of nitrogens with zero attached hydrogens (tertiary/aromatic N) is 1. The summed E-state index contributed by atoms with van der Waals surface area (Å²) in [6.45, 7) is 8.29. The standard InChI is InChI=1S/C15H24N2O3/c1-10(2)7-14(18)9-16-12(4)13-6-5-11(3)15(8-13)17(19)20/h5-6,8,10,12,14,16,18H,7,9H2,1-4H3. The first kappa shape index (κ1) is 16.6. The van der Waals surface area contributed by atoms with E-state index in [4.69, 9.17) is 0 Å². The topological polar surface area (TPSA) is 75.4 Å². The molecule has 0 saturated carbocycles. The Morgan fingerprint density at radius 3 is 2.55 bits per heavy atom. The van der Waals surface area contributed by atoms with Gasteiger partial charge in [0.2, 0.25) is 0 Å². The van der Waals surface area contributed by atoms with E-state index in [0.29, 0.717) is 18.0 Å². The molecule has 2 N–H and O–H groups in total. The Morgan fingerprint density at radius 2 is 2.00 bits per heavy atom. The van der Waals surface area contributed by atoms with Crippen LogP contribution in [0.15, 0.2) is 18.2 Å². The third kappa shape index (κ3) is 4.90. The summed E-state index contributed by atoms with van der Waals surface area (Å²) in [6, 6.07) is 5.21. The van der Waals surface area contributed by atoms with Crippen molar-refractivity contribution < 1.29 is 10.0 Å². The van der Waals surface area contributed by atoms with E-state index in [9.17, 15) is 15.2 Å². The normalized spacial score (nSPS) is 14.3.